The van der Waals surface area contributed by atoms with Gasteiger partial charge in [0.15, 0.2) is 10.6 Å². The van der Waals surface area contributed by atoms with Crippen LogP contribution in [0.3, 0.4) is 0 Å². The molecule has 0 saturated heterocycles. The van der Waals surface area contributed by atoms with Crippen LogP contribution >= 0.6 is 15.9 Å². The highest BCUT2D eigenvalue weighted by molar-refractivity contribution is 9.10. The zero-order valence-electron chi connectivity index (χ0n) is 10.1. The van der Waals surface area contributed by atoms with Crippen molar-refractivity contribution < 1.29 is 14.3 Å². The van der Waals surface area contributed by atoms with E-state index in [1.165, 1.54) is 0 Å². The standard InChI is InChI=1S/C13H15BrO3/c1-4-17-13(16)11(14)12(15)10-7-8(2)5-6-9(10)3/h5-7,11H,4H2,1-3H3. The van der Waals surface area contributed by atoms with Crippen LogP contribution in [0.1, 0.15) is 28.4 Å². The second-order valence-corrected chi connectivity index (χ2v) is 4.71. The van der Waals surface area contributed by atoms with E-state index >= 15 is 0 Å². The van der Waals surface area contributed by atoms with Gasteiger partial charge in [-0.25, -0.2) is 0 Å². The highest BCUT2D eigenvalue weighted by Gasteiger charge is 2.26. The topological polar surface area (TPSA) is 43.4 Å². The van der Waals surface area contributed by atoms with Crippen molar-refractivity contribution in [2.75, 3.05) is 6.61 Å². The maximum absolute atomic E-state index is 12.1. The van der Waals surface area contributed by atoms with Crippen LogP contribution in [0.4, 0.5) is 0 Å². The van der Waals surface area contributed by atoms with Crippen LogP contribution in [0.25, 0.3) is 0 Å². The summed E-state index contributed by atoms with van der Waals surface area (Å²) in [4.78, 5) is 22.6. The minimum atomic E-state index is -0.928. The average molecular weight is 299 g/mol. The van der Waals surface area contributed by atoms with Gasteiger partial charge >= 0.3 is 5.97 Å². The van der Waals surface area contributed by atoms with Crippen LogP contribution in [-0.2, 0) is 9.53 Å². The van der Waals surface area contributed by atoms with E-state index in [4.69, 9.17) is 4.74 Å². The summed E-state index contributed by atoms with van der Waals surface area (Å²) in [6, 6.07) is 5.58. The lowest BCUT2D eigenvalue weighted by Gasteiger charge is -2.10. The Morgan fingerprint density at radius 2 is 2.00 bits per heavy atom. The molecular weight excluding hydrogens is 284 g/mol. The van der Waals surface area contributed by atoms with Gasteiger partial charge in [-0.1, -0.05) is 33.6 Å². The van der Waals surface area contributed by atoms with Gasteiger partial charge in [0, 0.05) is 5.56 Å². The van der Waals surface area contributed by atoms with E-state index < -0.39 is 10.8 Å². The summed E-state index contributed by atoms with van der Waals surface area (Å²) < 4.78 is 4.81. The first-order valence-corrected chi connectivity index (χ1v) is 6.31. The van der Waals surface area contributed by atoms with Gasteiger partial charge in [0.1, 0.15) is 0 Å². The molecule has 1 atom stereocenters. The lowest BCUT2D eigenvalue weighted by molar-refractivity contribution is -0.141. The van der Waals surface area contributed by atoms with Crippen LogP contribution in [0.15, 0.2) is 18.2 Å². The van der Waals surface area contributed by atoms with Gasteiger partial charge in [0.2, 0.25) is 0 Å². The van der Waals surface area contributed by atoms with E-state index in [1.54, 1.807) is 13.0 Å². The molecule has 0 spiro atoms. The Hall–Kier alpha value is -1.16. The summed E-state index contributed by atoms with van der Waals surface area (Å²) in [5.41, 5.74) is 2.40. The third-order valence-corrected chi connectivity index (χ3v) is 3.17. The number of carbonyl (C=O) groups excluding carboxylic acids is 2. The van der Waals surface area contributed by atoms with Crippen LogP contribution in [0, 0.1) is 13.8 Å². The van der Waals surface area contributed by atoms with Crippen molar-refractivity contribution in [2.24, 2.45) is 0 Å². The van der Waals surface area contributed by atoms with Crippen molar-refractivity contribution in [3.63, 3.8) is 0 Å². The SMILES string of the molecule is CCOC(=O)C(Br)C(=O)c1cc(C)ccc1C. The lowest BCUT2D eigenvalue weighted by Crippen LogP contribution is -2.27. The number of halogens is 1. The van der Waals surface area contributed by atoms with Crippen LogP contribution < -0.4 is 0 Å². The molecule has 0 bridgehead atoms. The fourth-order valence-corrected chi connectivity index (χ4v) is 1.84. The molecule has 1 aromatic carbocycles. The molecule has 0 saturated carbocycles. The number of hydrogen-bond donors (Lipinski definition) is 0. The predicted molar refractivity (Wildman–Crippen MR) is 69.6 cm³/mol. The minimum absolute atomic E-state index is 0.260. The Bertz CT molecular complexity index is 440. The number of aryl methyl sites for hydroxylation is 2. The molecule has 0 aliphatic heterocycles. The molecule has 0 aliphatic carbocycles. The number of Topliss-reactive ketones (excluding diaryl/α,β-unsaturated/α-hetero) is 1. The molecule has 4 heteroatoms. The summed E-state index contributed by atoms with van der Waals surface area (Å²) in [5.74, 6) is -0.803. The van der Waals surface area contributed by atoms with Gasteiger partial charge in [0.05, 0.1) is 6.61 Å². The Morgan fingerprint density at radius 3 is 2.59 bits per heavy atom. The molecule has 17 heavy (non-hydrogen) atoms. The number of hydrogen-bond acceptors (Lipinski definition) is 3. The second kappa shape index (κ2) is 5.96. The highest BCUT2D eigenvalue weighted by atomic mass is 79.9. The molecule has 0 heterocycles. The molecule has 1 unspecified atom stereocenters. The molecule has 0 radical (unpaired) electrons. The van der Waals surface area contributed by atoms with E-state index in [9.17, 15) is 9.59 Å². The molecule has 0 aliphatic rings. The van der Waals surface area contributed by atoms with Gasteiger partial charge in [0.25, 0.3) is 0 Å². The number of ether oxygens (including phenoxy) is 1. The van der Waals surface area contributed by atoms with Crippen molar-refractivity contribution >= 4 is 27.7 Å². The van der Waals surface area contributed by atoms with Crippen molar-refractivity contribution in [1.82, 2.24) is 0 Å². The Morgan fingerprint density at radius 1 is 1.35 bits per heavy atom. The Balaban J connectivity index is 2.96. The number of alkyl halides is 1. The van der Waals surface area contributed by atoms with Crippen LogP contribution in [0.5, 0.6) is 0 Å². The van der Waals surface area contributed by atoms with E-state index in [0.717, 1.165) is 11.1 Å². The largest absolute Gasteiger partial charge is 0.465 e. The third kappa shape index (κ3) is 3.40. The summed E-state index contributed by atoms with van der Waals surface area (Å²) in [6.07, 6.45) is 0. The van der Waals surface area contributed by atoms with Crippen LogP contribution in [0.2, 0.25) is 0 Å². The van der Waals surface area contributed by atoms with Gasteiger partial charge < -0.3 is 4.74 Å². The lowest BCUT2D eigenvalue weighted by atomic mass is 10.0. The molecule has 1 rings (SSSR count). The molecule has 0 N–H and O–H groups in total. The molecule has 3 nitrogen and oxygen atoms in total. The summed E-state index contributed by atoms with van der Waals surface area (Å²) in [5, 5.41) is 0. The normalized spacial score (nSPS) is 12.0. The Labute approximate surface area is 109 Å². The number of benzene rings is 1. The fourth-order valence-electron chi connectivity index (χ4n) is 1.46. The second-order valence-electron chi connectivity index (χ2n) is 3.80. The molecule has 0 amide bonds. The minimum Gasteiger partial charge on any atom is -0.465 e. The average Bonchev–Trinajstić information content (AvgIpc) is 2.30. The maximum Gasteiger partial charge on any atom is 0.327 e. The van der Waals surface area contributed by atoms with Crippen molar-refractivity contribution in [2.45, 2.75) is 25.6 Å². The first kappa shape index (κ1) is 13.9. The zero-order chi connectivity index (χ0) is 13.0. The fraction of sp³-hybridized carbons (Fsp3) is 0.385. The number of ketones is 1. The van der Waals surface area contributed by atoms with E-state index in [-0.39, 0.29) is 12.4 Å². The summed E-state index contributed by atoms with van der Waals surface area (Å²) in [6.45, 7) is 5.72. The first-order chi connectivity index (χ1) is 7.97. The molecule has 0 fully saturated rings. The third-order valence-electron chi connectivity index (χ3n) is 2.38. The van der Waals surface area contributed by atoms with Gasteiger partial charge in [-0.3, -0.25) is 9.59 Å². The van der Waals surface area contributed by atoms with Crippen molar-refractivity contribution in [3.05, 3.63) is 34.9 Å². The molecule has 1 aromatic rings. The van der Waals surface area contributed by atoms with E-state index in [0.29, 0.717) is 5.56 Å². The van der Waals surface area contributed by atoms with Crippen molar-refractivity contribution in [1.29, 1.82) is 0 Å². The maximum atomic E-state index is 12.1. The number of esters is 1. The zero-order valence-corrected chi connectivity index (χ0v) is 11.7. The predicted octanol–water partition coefficient (Wildman–Crippen LogP) is 2.81. The van der Waals surface area contributed by atoms with Gasteiger partial charge in [-0.05, 0) is 32.4 Å². The number of rotatable bonds is 4. The van der Waals surface area contributed by atoms with E-state index in [1.807, 2.05) is 26.0 Å². The highest BCUT2D eigenvalue weighted by Crippen LogP contribution is 2.17. The summed E-state index contributed by atoms with van der Waals surface area (Å²) in [7, 11) is 0. The quantitative estimate of drug-likeness (QED) is 0.371. The summed E-state index contributed by atoms with van der Waals surface area (Å²) >= 11 is 3.08. The van der Waals surface area contributed by atoms with Crippen molar-refractivity contribution in [3.8, 4) is 0 Å². The molecule has 92 valence electrons. The molecular formula is C13H15BrO3. The van der Waals surface area contributed by atoms with Gasteiger partial charge in [-0.2, -0.15) is 0 Å². The van der Waals surface area contributed by atoms with Crippen LogP contribution in [-0.4, -0.2) is 23.2 Å². The first-order valence-electron chi connectivity index (χ1n) is 5.39. The Kier molecular flexibility index (Phi) is 4.87. The van der Waals surface area contributed by atoms with E-state index in [2.05, 4.69) is 15.9 Å². The molecule has 0 aromatic heterocycles. The number of carbonyl (C=O) groups is 2. The smallest absolute Gasteiger partial charge is 0.327 e. The monoisotopic (exact) mass is 298 g/mol. The van der Waals surface area contributed by atoms with Gasteiger partial charge in [-0.15, -0.1) is 0 Å².